The molecule has 7 aromatic rings. The van der Waals surface area contributed by atoms with Crippen LogP contribution in [0.25, 0.3) is 45.0 Å². The molecule has 16 heteroatoms. The average Bonchev–Trinajstić information content (AvgIpc) is 3.73. The van der Waals surface area contributed by atoms with Gasteiger partial charge in [0.25, 0.3) is 0 Å². The summed E-state index contributed by atoms with van der Waals surface area (Å²) in [5, 5.41) is 29.7. The molecule has 1 radical (unpaired) electrons. The SMILES string of the molecule is ClCCl.Cn1c(C(OCc2ccccc2)c2nc(-c3ccccc3)c(-c3ccccc3)n2C)nc(-c2ccccc2)c1-c1ccccc1.O=[N+]([O-])[O-].O=[N+]([O-])[O-].[Cu+2]. The summed E-state index contributed by atoms with van der Waals surface area (Å²) in [6, 6.07) is 51.9. The molecule has 0 atom stereocenters. The van der Waals surface area contributed by atoms with Gasteiger partial charge in [-0.1, -0.05) is 152 Å². The van der Waals surface area contributed by atoms with Crippen LogP contribution in [0.1, 0.15) is 23.3 Å². The molecule has 0 aliphatic rings. The number of imidazole rings is 2. The van der Waals surface area contributed by atoms with Crippen LogP contribution in [0.4, 0.5) is 0 Å². The van der Waals surface area contributed by atoms with Crippen LogP contribution in [0.2, 0.25) is 0 Å². The summed E-state index contributed by atoms with van der Waals surface area (Å²) in [7, 11) is 4.16. The number of rotatable bonds is 9. The van der Waals surface area contributed by atoms with Gasteiger partial charge in [-0.25, -0.2) is 9.97 Å². The number of aromatic nitrogens is 4. The molecule has 2 aromatic heterocycles. The van der Waals surface area contributed by atoms with E-state index in [-0.39, 0.29) is 22.4 Å². The first-order valence-corrected chi connectivity index (χ1v) is 17.9. The van der Waals surface area contributed by atoms with Crippen LogP contribution < -0.4 is 0 Å². The summed E-state index contributed by atoms with van der Waals surface area (Å²) in [6.07, 6.45) is -0.556. The largest absolute Gasteiger partial charge is 2.00 e. The van der Waals surface area contributed by atoms with Crippen LogP contribution in [0.15, 0.2) is 152 Å². The van der Waals surface area contributed by atoms with Crippen molar-refractivity contribution >= 4 is 23.2 Å². The van der Waals surface area contributed by atoms with Gasteiger partial charge in [-0.15, -0.1) is 23.2 Å². The van der Waals surface area contributed by atoms with E-state index in [0.29, 0.717) is 6.61 Å². The summed E-state index contributed by atoms with van der Waals surface area (Å²) >= 11 is 9.53. The maximum atomic E-state index is 8.25. The number of hydrogen-bond donors (Lipinski definition) is 0. The number of nitrogens with zero attached hydrogens (tertiary/aromatic N) is 6. The van der Waals surface area contributed by atoms with Crippen molar-refractivity contribution in [1.29, 1.82) is 0 Å². The Hall–Kier alpha value is -6.02. The van der Waals surface area contributed by atoms with Crippen molar-refractivity contribution in [2.75, 3.05) is 5.34 Å². The fraction of sp³-hybridized carbons (Fsp3) is 0.122. The molecular weight excluding hydrogens is 823 g/mol. The Morgan fingerprint density at radius 2 is 0.807 bits per heavy atom. The first kappa shape index (κ1) is 45.4. The van der Waals surface area contributed by atoms with Gasteiger partial charge in [0, 0.05) is 36.3 Å². The number of alkyl halides is 2. The third-order valence-electron chi connectivity index (χ3n) is 8.18. The minimum Gasteiger partial charge on any atom is -0.358 e. The Kier molecular flexibility index (Phi) is 18.4. The smallest absolute Gasteiger partial charge is 0.358 e. The molecule has 5 aromatic carbocycles. The minimum atomic E-state index is -1.75. The Morgan fingerprint density at radius 3 is 1.11 bits per heavy atom. The van der Waals surface area contributed by atoms with E-state index in [1.54, 1.807) is 0 Å². The molecule has 0 bridgehead atoms. The van der Waals surface area contributed by atoms with Crippen LogP contribution in [-0.4, -0.2) is 34.6 Å². The molecule has 57 heavy (non-hydrogen) atoms. The molecule has 0 spiro atoms. The quantitative estimate of drug-likeness (QED) is 0.0591. The van der Waals surface area contributed by atoms with E-state index in [9.17, 15) is 0 Å². The molecule has 0 amide bonds. The molecule has 0 aliphatic heterocycles. The second kappa shape index (κ2) is 23.1. The van der Waals surface area contributed by atoms with Crippen LogP contribution in [-0.2, 0) is 42.5 Å². The number of ether oxygens (including phenoxy) is 1. The second-order valence-electron chi connectivity index (χ2n) is 11.6. The molecule has 2 heterocycles. The molecule has 0 unspecified atom stereocenters. The topological polar surface area (TPSA) is 177 Å². The zero-order valence-corrected chi connectivity index (χ0v) is 33.0. The molecule has 297 valence electrons. The maximum Gasteiger partial charge on any atom is 2.00 e. The van der Waals surface area contributed by atoms with Crippen molar-refractivity contribution in [2.45, 2.75) is 12.7 Å². The van der Waals surface area contributed by atoms with Crippen LogP contribution in [0, 0.1) is 30.6 Å². The van der Waals surface area contributed by atoms with E-state index in [2.05, 4.69) is 132 Å². The van der Waals surface area contributed by atoms with Gasteiger partial charge in [-0.3, -0.25) is 0 Å². The molecule has 0 saturated carbocycles. The van der Waals surface area contributed by atoms with E-state index in [1.807, 2.05) is 42.5 Å². The van der Waals surface area contributed by atoms with Gasteiger partial charge in [0.15, 0.2) is 6.10 Å². The number of benzene rings is 5. The fourth-order valence-corrected chi connectivity index (χ4v) is 5.97. The molecule has 0 saturated heterocycles. The normalized spacial score (nSPS) is 10.1. The van der Waals surface area contributed by atoms with Crippen molar-refractivity contribution in [1.82, 2.24) is 19.1 Å². The van der Waals surface area contributed by atoms with Gasteiger partial charge >= 0.3 is 17.1 Å². The van der Waals surface area contributed by atoms with E-state index >= 15 is 0 Å². The minimum absolute atomic E-state index is 0. The van der Waals surface area contributed by atoms with Gasteiger partial charge < -0.3 is 44.5 Å². The average molecular weight is 859 g/mol. The van der Waals surface area contributed by atoms with Gasteiger partial charge in [-0.05, 0) is 5.56 Å². The second-order valence-corrected chi connectivity index (χ2v) is 12.4. The molecule has 0 N–H and O–H groups in total. The van der Waals surface area contributed by atoms with Gasteiger partial charge in [0.2, 0.25) is 0 Å². The van der Waals surface area contributed by atoms with Crippen molar-refractivity contribution in [2.24, 2.45) is 14.1 Å². The Bertz CT molecular complexity index is 2120. The van der Waals surface area contributed by atoms with Crippen molar-refractivity contribution in [3.63, 3.8) is 0 Å². The summed E-state index contributed by atoms with van der Waals surface area (Å²) in [5.41, 5.74) is 9.26. The van der Waals surface area contributed by atoms with Crippen molar-refractivity contribution in [3.8, 4) is 45.0 Å². The summed E-state index contributed by atoms with van der Waals surface area (Å²) in [5.74, 6) is 1.58. The molecule has 13 nitrogen and oxygen atoms in total. The Morgan fingerprint density at radius 1 is 0.544 bits per heavy atom. The molecular formula is C41H36Cl2CuN6O7. The molecule has 7 rings (SSSR count). The standard InChI is InChI=1S/C40H34N4O.CH2Cl2.Cu.2NO3/c1-43-36(32-24-14-6-15-25-32)34(30-20-10-4-11-21-30)41-39(43)38(45-28-29-18-8-3-9-19-29)40-42-35(31-22-12-5-13-23-31)37(44(40)2)33-26-16-7-17-27-33;2-1-3;;2*2-1(3)4/h3-27,38H,28H2,1-2H3;1H2;;;/q;;+2;2*-1. The predicted octanol–water partition coefficient (Wildman–Crippen LogP) is 10.1. The zero-order chi connectivity index (χ0) is 40.5. The Labute approximate surface area is 349 Å². The van der Waals surface area contributed by atoms with E-state index in [1.165, 1.54) is 0 Å². The first-order valence-electron chi connectivity index (χ1n) is 16.8. The first-order chi connectivity index (χ1) is 27.1. The summed E-state index contributed by atoms with van der Waals surface area (Å²) in [6.45, 7) is 0.411. The maximum absolute atomic E-state index is 8.25. The zero-order valence-electron chi connectivity index (χ0n) is 30.5. The summed E-state index contributed by atoms with van der Waals surface area (Å²) in [4.78, 5) is 27.2. The predicted molar refractivity (Wildman–Crippen MR) is 219 cm³/mol. The Balaban J connectivity index is 0.000000649. The number of halogens is 2. The summed E-state index contributed by atoms with van der Waals surface area (Å²) < 4.78 is 11.2. The van der Waals surface area contributed by atoms with Crippen molar-refractivity contribution in [3.05, 3.63) is 200 Å². The third kappa shape index (κ3) is 12.8. The van der Waals surface area contributed by atoms with Crippen LogP contribution >= 0.6 is 23.2 Å². The monoisotopic (exact) mass is 857 g/mol. The molecule has 0 aliphatic carbocycles. The van der Waals surface area contributed by atoms with E-state index in [4.69, 9.17) is 68.5 Å². The third-order valence-corrected chi connectivity index (χ3v) is 8.18. The fourth-order valence-electron chi connectivity index (χ4n) is 5.97. The van der Waals surface area contributed by atoms with E-state index in [0.717, 1.165) is 62.2 Å². The van der Waals surface area contributed by atoms with E-state index < -0.39 is 16.3 Å². The van der Waals surface area contributed by atoms with Gasteiger partial charge in [-0.2, -0.15) is 0 Å². The van der Waals surface area contributed by atoms with Crippen molar-refractivity contribution < 1.29 is 32.0 Å². The number of hydrogen-bond acceptors (Lipinski definition) is 9. The van der Waals surface area contributed by atoms with Gasteiger partial charge in [0.05, 0.1) is 44.9 Å². The molecule has 0 fully saturated rings. The van der Waals surface area contributed by atoms with Crippen LogP contribution in [0.3, 0.4) is 0 Å². The van der Waals surface area contributed by atoms with Crippen LogP contribution in [0.5, 0.6) is 0 Å². The van der Waals surface area contributed by atoms with Gasteiger partial charge in [0.1, 0.15) is 11.6 Å².